The molecule has 2 heterocycles. The van der Waals surface area contributed by atoms with Crippen molar-refractivity contribution in [3.8, 4) is 0 Å². The summed E-state index contributed by atoms with van der Waals surface area (Å²) < 4.78 is 4.41. The number of aromatic nitrogens is 2. The minimum Gasteiger partial charge on any atom is -0.480 e. The van der Waals surface area contributed by atoms with Crippen molar-refractivity contribution in [2.75, 3.05) is 37.6 Å². The zero-order chi connectivity index (χ0) is 14.0. The Morgan fingerprint density at radius 3 is 2.42 bits per heavy atom. The van der Waals surface area contributed by atoms with Crippen LogP contribution in [0.15, 0.2) is 0 Å². The highest BCUT2D eigenvalue weighted by molar-refractivity contribution is 7.09. The third kappa shape index (κ3) is 3.63. The van der Waals surface area contributed by atoms with Crippen molar-refractivity contribution in [2.24, 2.45) is 0 Å². The quantitative estimate of drug-likeness (QED) is 0.894. The van der Waals surface area contributed by atoms with E-state index in [9.17, 15) is 4.79 Å². The van der Waals surface area contributed by atoms with Crippen LogP contribution in [0.5, 0.6) is 0 Å². The maximum atomic E-state index is 10.7. The summed E-state index contributed by atoms with van der Waals surface area (Å²) in [6.07, 6.45) is 0. The van der Waals surface area contributed by atoms with Crippen LogP contribution in [0.1, 0.15) is 26.6 Å². The maximum Gasteiger partial charge on any atom is 0.317 e. The second-order valence-electron chi connectivity index (χ2n) is 5.81. The first kappa shape index (κ1) is 14.2. The van der Waals surface area contributed by atoms with E-state index >= 15 is 0 Å². The number of anilines is 1. The second-order valence-corrected chi connectivity index (χ2v) is 6.54. The minimum atomic E-state index is -0.764. The minimum absolute atomic E-state index is 0.0279. The van der Waals surface area contributed by atoms with E-state index < -0.39 is 5.97 Å². The molecule has 1 aliphatic rings. The average molecular weight is 284 g/mol. The molecule has 0 aromatic carbocycles. The van der Waals surface area contributed by atoms with Gasteiger partial charge in [-0.25, -0.2) is 4.98 Å². The zero-order valence-corrected chi connectivity index (χ0v) is 12.4. The van der Waals surface area contributed by atoms with E-state index in [2.05, 4.69) is 35.0 Å². The molecule has 0 aliphatic carbocycles. The van der Waals surface area contributed by atoms with Crippen molar-refractivity contribution in [2.45, 2.75) is 26.2 Å². The molecule has 0 unspecified atom stereocenters. The van der Waals surface area contributed by atoms with Crippen LogP contribution in [0.2, 0.25) is 0 Å². The van der Waals surface area contributed by atoms with E-state index in [1.165, 1.54) is 11.5 Å². The van der Waals surface area contributed by atoms with Crippen LogP contribution in [0.3, 0.4) is 0 Å². The summed E-state index contributed by atoms with van der Waals surface area (Å²) >= 11 is 1.43. The van der Waals surface area contributed by atoms with E-state index in [0.717, 1.165) is 37.1 Å². The monoisotopic (exact) mass is 284 g/mol. The van der Waals surface area contributed by atoms with E-state index in [1.54, 1.807) is 0 Å². The molecule has 1 fully saturated rings. The first-order chi connectivity index (χ1) is 8.86. The summed E-state index contributed by atoms with van der Waals surface area (Å²) in [6, 6.07) is 0. The highest BCUT2D eigenvalue weighted by Gasteiger charge is 2.24. The highest BCUT2D eigenvalue weighted by Crippen LogP contribution is 2.25. The molecule has 1 aromatic heterocycles. The largest absolute Gasteiger partial charge is 0.480 e. The van der Waals surface area contributed by atoms with Gasteiger partial charge in [-0.15, -0.1) is 0 Å². The van der Waals surface area contributed by atoms with Gasteiger partial charge in [-0.05, 0) is 0 Å². The van der Waals surface area contributed by atoms with Gasteiger partial charge in [0.05, 0.1) is 6.54 Å². The molecule has 0 saturated carbocycles. The second kappa shape index (κ2) is 5.42. The maximum absolute atomic E-state index is 10.7. The Balaban J connectivity index is 1.94. The van der Waals surface area contributed by atoms with Crippen LogP contribution in [0, 0.1) is 0 Å². The van der Waals surface area contributed by atoms with Crippen molar-refractivity contribution in [3.63, 3.8) is 0 Å². The standard InChI is InChI=1S/C12H20N4O2S/c1-12(2,3)10-13-11(19-14-10)16-6-4-15(5-7-16)8-9(17)18/h4-8H2,1-3H3,(H,17,18). The van der Waals surface area contributed by atoms with Gasteiger partial charge in [0, 0.05) is 43.1 Å². The summed E-state index contributed by atoms with van der Waals surface area (Å²) in [6.45, 7) is 9.57. The van der Waals surface area contributed by atoms with Gasteiger partial charge in [-0.2, -0.15) is 4.37 Å². The average Bonchev–Trinajstić information content (AvgIpc) is 2.78. The molecular formula is C12H20N4O2S. The fourth-order valence-corrected chi connectivity index (χ4v) is 2.85. The molecule has 0 radical (unpaired) electrons. The summed E-state index contributed by atoms with van der Waals surface area (Å²) in [4.78, 5) is 19.4. The molecule has 0 spiro atoms. The Hall–Kier alpha value is -1.21. The van der Waals surface area contributed by atoms with Crippen LogP contribution in [-0.4, -0.2) is 58.1 Å². The lowest BCUT2D eigenvalue weighted by Gasteiger charge is -2.33. The number of carbonyl (C=O) groups is 1. The normalized spacial score (nSPS) is 17.7. The van der Waals surface area contributed by atoms with Gasteiger partial charge < -0.3 is 10.0 Å². The summed E-state index contributed by atoms with van der Waals surface area (Å²) in [7, 11) is 0. The fourth-order valence-electron chi connectivity index (χ4n) is 1.94. The molecule has 6 nitrogen and oxygen atoms in total. The molecule has 0 amide bonds. The smallest absolute Gasteiger partial charge is 0.317 e. The van der Waals surface area contributed by atoms with Crippen molar-refractivity contribution < 1.29 is 9.90 Å². The van der Waals surface area contributed by atoms with Crippen molar-refractivity contribution in [3.05, 3.63) is 5.82 Å². The van der Waals surface area contributed by atoms with E-state index in [1.807, 2.05) is 4.90 Å². The molecule has 1 saturated heterocycles. The van der Waals surface area contributed by atoms with Gasteiger partial charge in [-0.3, -0.25) is 9.69 Å². The zero-order valence-electron chi connectivity index (χ0n) is 11.6. The van der Waals surface area contributed by atoms with E-state index in [0.29, 0.717) is 0 Å². The predicted octanol–water partition coefficient (Wildman–Crippen LogP) is 1.04. The van der Waals surface area contributed by atoms with Crippen molar-refractivity contribution in [1.82, 2.24) is 14.3 Å². The predicted molar refractivity (Wildman–Crippen MR) is 74.9 cm³/mol. The van der Waals surface area contributed by atoms with Gasteiger partial charge in [0.2, 0.25) is 5.13 Å². The summed E-state index contributed by atoms with van der Waals surface area (Å²) in [5.41, 5.74) is -0.0279. The lowest BCUT2D eigenvalue weighted by molar-refractivity contribution is -0.138. The summed E-state index contributed by atoms with van der Waals surface area (Å²) in [5.74, 6) is 0.111. The Morgan fingerprint density at radius 2 is 1.95 bits per heavy atom. The van der Waals surface area contributed by atoms with Crippen molar-refractivity contribution in [1.29, 1.82) is 0 Å². The molecule has 2 rings (SSSR count). The Labute approximate surface area is 117 Å². The van der Waals surface area contributed by atoms with Gasteiger partial charge in [0.15, 0.2) is 0 Å². The van der Waals surface area contributed by atoms with Crippen LogP contribution >= 0.6 is 11.5 Å². The molecule has 19 heavy (non-hydrogen) atoms. The van der Waals surface area contributed by atoms with Crippen LogP contribution in [-0.2, 0) is 10.2 Å². The topological polar surface area (TPSA) is 69.6 Å². The third-order valence-electron chi connectivity index (χ3n) is 3.09. The lowest BCUT2D eigenvalue weighted by atomic mass is 9.96. The Morgan fingerprint density at radius 1 is 1.32 bits per heavy atom. The number of carboxylic acids is 1. The Bertz CT molecular complexity index is 447. The number of hydrogen-bond donors (Lipinski definition) is 1. The number of nitrogens with zero attached hydrogens (tertiary/aromatic N) is 4. The number of rotatable bonds is 3. The molecule has 0 atom stereocenters. The van der Waals surface area contributed by atoms with Crippen LogP contribution in [0.4, 0.5) is 5.13 Å². The molecule has 1 aliphatic heterocycles. The molecule has 1 N–H and O–H groups in total. The van der Waals surface area contributed by atoms with Gasteiger partial charge in [0.1, 0.15) is 5.82 Å². The third-order valence-corrected chi connectivity index (χ3v) is 3.86. The fraction of sp³-hybridized carbons (Fsp3) is 0.750. The van der Waals surface area contributed by atoms with E-state index in [-0.39, 0.29) is 12.0 Å². The summed E-state index contributed by atoms with van der Waals surface area (Å²) in [5, 5.41) is 9.71. The molecule has 1 aromatic rings. The SMILES string of the molecule is CC(C)(C)c1nsc(N2CCN(CC(=O)O)CC2)n1. The number of piperazine rings is 1. The number of carboxylic acid groups (broad SMARTS) is 1. The molecule has 0 bridgehead atoms. The van der Waals surface area contributed by atoms with Crippen molar-refractivity contribution >= 4 is 22.6 Å². The van der Waals surface area contributed by atoms with Gasteiger partial charge >= 0.3 is 5.97 Å². The lowest BCUT2D eigenvalue weighted by Crippen LogP contribution is -2.48. The first-order valence-corrected chi connectivity index (χ1v) is 7.17. The first-order valence-electron chi connectivity index (χ1n) is 6.39. The van der Waals surface area contributed by atoms with Crippen LogP contribution < -0.4 is 4.90 Å². The number of aliphatic carboxylic acids is 1. The van der Waals surface area contributed by atoms with E-state index in [4.69, 9.17) is 5.11 Å². The molecule has 7 heteroatoms. The Kier molecular flexibility index (Phi) is 4.05. The highest BCUT2D eigenvalue weighted by atomic mass is 32.1. The van der Waals surface area contributed by atoms with Gasteiger partial charge in [0.25, 0.3) is 0 Å². The van der Waals surface area contributed by atoms with Gasteiger partial charge in [-0.1, -0.05) is 20.8 Å². The molecular weight excluding hydrogens is 264 g/mol. The molecule has 106 valence electrons. The van der Waals surface area contributed by atoms with Crippen LogP contribution in [0.25, 0.3) is 0 Å². The number of hydrogen-bond acceptors (Lipinski definition) is 6.